The fraction of sp³-hybridized carbons (Fsp3) is 0.321. The van der Waals surface area contributed by atoms with Gasteiger partial charge in [-0.15, -0.1) is 5.10 Å². The molecule has 1 fully saturated rings. The molecule has 1 N–H and O–H groups in total. The van der Waals surface area contributed by atoms with Crippen LogP contribution in [-0.4, -0.2) is 25.1 Å². The third-order valence-electron chi connectivity index (χ3n) is 7.33. The normalized spacial score (nSPS) is 15.9. The fourth-order valence-corrected chi connectivity index (χ4v) is 6.05. The largest absolute Gasteiger partial charge is 0.315 e. The summed E-state index contributed by atoms with van der Waals surface area (Å²) < 4.78 is 4.30. The van der Waals surface area contributed by atoms with Gasteiger partial charge in [0.1, 0.15) is 16.3 Å². The van der Waals surface area contributed by atoms with Gasteiger partial charge in [0.15, 0.2) is 5.82 Å². The second-order valence-electron chi connectivity index (χ2n) is 9.54. The Morgan fingerprint density at radius 1 is 0.971 bits per heavy atom. The number of nitrogens with zero attached hydrogens (tertiary/aromatic N) is 3. The highest BCUT2D eigenvalue weighted by atomic mass is 35.5. The smallest absolute Gasteiger partial charge is 0.228 e. The number of benzene rings is 2. The van der Waals surface area contributed by atoms with Crippen molar-refractivity contribution >= 4 is 40.4 Å². The lowest BCUT2D eigenvalue weighted by atomic mass is 9.98. The second kappa shape index (κ2) is 9.25. The Morgan fingerprint density at radius 2 is 1.71 bits per heavy atom. The van der Waals surface area contributed by atoms with Crippen LogP contribution in [0.2, 0.25) is 5.02 Å². The number of hydrogen-bond acceptors (Lipinski definition) is 3. The summed E-state index contributed by atoms with van der Waals surface area (Å²) in [5.74, 6) is 0.997. The minimum atomic E-state index is 0.0286. The molecule has 7 heteroatoms. The Balaban J connectivity index is 1.56. The number of aromatic nitrogens is 3. The van der Waals surface area contributed by atoms with E-state index < -0.39 is 0 Å². The van der Waals surface area contributed by atoms with Gasteiger partial charge in [-0.05, 0) is 49.8 Å². The first-order valence-electron chi connectivity index (χ1n) is 12.4. The first kappa shape index (κ1) is 22.5. The van der Waals surface area contributed by atoms with Crippen molar-refractivity contribution in [1.82, 2.24) is 19.5 Å². The number of carbonyl (C=O) groups is 1. The Labute approximate surface area is 215 Å². The van der Waals surface area contributed by atoms with Crippen molar-refractivity contribution in [2.75, 3.05) is 0 Å². The molecule has 1 aliphatic carbocycles. The van der Waals surface area contributed by atoms with E-state index in [1.807, 2.05) is 47.0 Å². The van der Waals surface area contributed by atoms with Crippen molar-refractivity contribution in [3.8, 4) is 22.5 Å². The van der Waals surface area contributed by atoms with E-state index in [0.29, 0.717) is 10.0 Å². The SMILES string of the molecule is O=C(NC(=S)c1c(-c2ccc(Cl)cc2)c2c3n(c(-c4ccccc4)nn13)CCCC2)C1CCCC1. The lowest BCUT2D eigenvalue weighted by Crippen LogP contribution is -2.35. The van der Waals surface area contributed by atoms with Crippen LogP contribution in [0.1, 0.15) is 49.8 Å². The van der Waals surface area contributed by atoms with Crippen molar-refractivity contribution < 1.29 is 4.79 Å². The fourth-order valence-electron chi connectivity index (χ4n) is 5.64. The summed E-state index contributed by atoms with van der Waals surface area (Å²) in [6, 6.07) is 18.2. The standard InChI is InChI=1S/C28H27ClN4OS/c29-21-15-13-18(14-16-21)23-22-12-6-7-17-32-25(19-8-2-1-3-9-19)31-33(28(22)32)24(23)27(35)30-26(34)20-10-4-5-11-20/h1-3,8-9,13-16,20H,4-7,10-12,17H2,(H,30,34,35). The molecule has 0 atom stereocenters. The van der Waals surface area contributed by atoms with Crippen LogP contribution in [0.3, 0.4) is 0 Å². The molecule has 5 nitrogen and oxygen atoms in total. The highest BCUT2D eigenvalue weighted by molar-refractivity contribution is 7.80. The molecule has 0 unspecified atom stereocenters. The lowest BCUT2D eigenvalue weighted by Gasteiger charge is -2.13. The van der Waals surface area contributed by atoms with E-state index in [9.17, 15) is 4.79 Å². The quantitative estimate of drug-likeness (QED) is 0.327. The molecule has 2 aliphatic rings. The number of aryl methyl sites for hydroxylation is 2. The molecule has 4 aromatic rings. The minimum Gasteiger partial charge on any atom is -0.315 e. The zero-order valence-electron chi connectivity index (χ0n) is 19.5. The van der Waals surface area contributed by atoms with Gasteiger partial charge in [0.25, 0.3) is 0 Å². The lowest BCUT2D eigenvalue weighted by molar-refractivity contribution is -0.123. The summed E-state index contributed by atoms with van der Waals surface area (Å²) in [5, 5.41) is 8.88. The molecule has 0 saturated heterocycles. The van der Waals surface area contributed by atoms with Crippen LogP contribution in [0.5, 0.6) is 0 Å². The molecular weight excluding hydrogens is 476 g/mol. The molecule has 35 heavy (non-hydrogen) atoms. The van der Waals surface area contributed by atoms with Gasteiger partial charge in [-0.2, -0.15) is 0 Å². The zero-order valence-corrected chi connectivity index (χ0v) is 21.0. The van der Waals surface area contributed by atoms with E-state index >= 15 is 0 Å². The summed E-state index contributed by atoms with van der Waals surface area (Å²) in [5.41, 5.74) is 6.25. The van der Waals surface area contributed by atoms with Gasteiger partial charge in [-0.3, -0.25) is 4.79 Å². The molecule has 0 radical (unpaired) electrons. The van der Waals surface area contributed by atoms with Crippen LogP contribution in [0.4, 0.5) is 0 Å². The molecule has 178 valence electrons. The van der Waals surface area contributed by atoms with Crippen molar-refractivity contribution in [3.63, 3.8) is 0 Å². The number of hydrogen-bond donors (Lipinski definition) is 1. The van der Waals surface area contributed by atoms with Gasteiger partial charge in [0, 0.05) is 34.2 Å². The van der Waals surface area contributed by atoms with Crippen LogP contribution in [0.25, 0.3) is 28.2 Å². The predicted octanol–water partition coefficient (Wildman–Crippen LogP) is 6.44. The number of carbonyl (C=O) groups excluding carboxylic acids is 1. The number of amides is 1. The van der Waals surface area contributed by atoms with Gasteiger partial charge < -0.3 is 9.88 Å². The van der Waals surface area contributed by atoms with Crippen molar-refractivity contribution in [3.05, 3.63) is 70.9 Å². The number of nitrogens with one attached hydrogen (secondary N) is 1. The summed E-state index contributed by atoms with van der Waals surface area (Å²) in [6.07, 6.45) is 7.16. The third kappa shape index (κ3) is 3.99. The minimum absolute atomic E-state index is 0.0286. The molecule has 3 heterocycles. The first-order chi connectivity index (χ1) is 17.1. The highest BCUT2D eigenvalue weighted by Gasteiger charge is 2.31. The van der Waals surface area contributed by atoms with E-state index in [1.54, 1.807) is 0 Å². The molecular formula is C28H27ClN4OS. The molecule has 2 aromatic heterocycles. The molecule has 1 saturated carbocycles. The number of halogens is 1. The van der Waals surface area contributed by atoms with Crippen molar-refractivity contribution in [2.24, 2.45) is 5.92 Å². The molecule has 0 spiro atoms. The molecule has 1 amide bonds. The van der Waals surface area contributed by atoms with Gasteiger partial charge >= 0.3 is 0 Å². The van der Waals surface area contributed by atoms with Gasteiger partial charge in [-0.25, -0.2) is 4.52 Å². The van der Waals surface area contributed by atoms with Crippen LogP contribution in [0.15, 0.2) is 54.6 Å². The summed E-state index contributed by atoms with van der Waals surface area (Å²) >= 11 is 12.2. The van der Waals surface area contributed by atoms with Crippen molar-refractivity contribution in [2.45, 2.75) is 51.5 Å². The Hall–Kier alpha value is -2.96. The molecule has 1 aliphatic heterocycles. The Morgan fingerprint density at radius 3 is 2.46 bits per heavy atom. The average molecular weight is 503 g/mol. The summed E-state index contributed by atoms with van der Waals surface area (Å²) in [7, 11) is 0. The van der Waals surface area contributed by atoms with Crippen LogP contribution in [0, 0.1) is 5.92 Å². The maximum Gasteiger partial charge on any atom is 0.228 e. The highest BCUT2D eigenvalue weighted by Crippen LogP contribution is 2.39. The topological polar surface area (TPSA) is 51.3 Å². The van der Waals surface area contributed by atoms with E-state index in [-0.39, 0.29) is 11.8 Å². The van der Waals surface area contributed by atoms with E-state index in [0.717, 1.165) is 85.3 Å². The molecule has 0 bridgehead atoms. The van der Waals surface area contributed by atoms with Crippen LogP contribution >= 0.6 is 23.8 Å². The molecule has 6 rings (SSSR count). The first-order valence-corrected chi connectivity index (χ1v) is 13.2. The number of rotatable bonds is 4. The summed E-state index contributed by atoms with van der Waals surface area (Å²) in [6.45, 7) is 0.894. The average Bonchev–Trinajstić information content (AvgIpc) is 3.56. The van der Waals surface area contributed by atoms with E-state index in [4.69, 9.17) is 28.9 Å². The monoisotopic (exact) mass is 502 g/mol. The maximum absolute atomic E-state index is 13.0. The Bertz CT molecular complexity index is 1420. The maximum atomic E-state index is 13.0. The van der Waals surface area contributed by atoms with Crippen LogP contribution in [-0.2, 0) is 17.8 Å². The van der Waals surface area contributed by atoms with E-state index in [2.05, 4.69) is 22.0 Å². The van der Waals surface area contributed by atoms with Gasteiger partial charge in [0.05, 0.1) is 0 Å². The predicted molar refractivity (Wildman–Crippen MR) is 144 cm³/mol. The van der Waals surface area contributed by atoms with Crippen molar-refractivity contribution in [1.29, 1.82) is 0 Å². The molecule has 2 aromatic carbocycles. The zero-order chi connectivity index (χ0) is 23.9. The van der Waals surface area contributed by atoms with Crippen LogP contribution < -0.4 is 5.32 Å². The van der Waals surface area contributed by atoms with Gasteiger partial charge in [-0.1, -0.05) is 79.1 Å². The Kier molecular flexibility index (Phi) is 5.94. The second-order valence-corrected chi connectivity index (χ2v) is 10.4. The van der Waals surface area contributed by atoms with E-state index in [1.165, 1.54) is 5.56 Å². The third-order valence-corrected chi connectivity index (χ3v) is 7.88. The van der Waals surface area contributed by atoms with Gasteiger partial charge in [0.2, 0.25) is 5.91 Å². The summed E-state index contributed by atoms with van der Waals surface area (Å²) in [4.78, 5) is 13.5. The number of thiocarbonyl (C=S) groups is 1.